The number of hydrogen-bond donors (Lipinski definition) is 2. The minimum atomic E-state index is 0.535. The van der Waals surface area contributed by atoms with Crippen molar-refractivity contribution in [1.82, 2.24) is 10.6 Å². The molecule has 0 amide bonds. The van der Waals surface area contributed by atoms with E-state index < -0.39 is 0 Å². The Hall–Kier alpha value is -0.0800. The highest BCUT2D eigenvalue weighted by Gasteiger charge is 2.39. The molecule has 3 aliphatic rings. The van der Waals surface area contributed by atoms with Crippen LogP contribution in [0, 0.1) is 5.92 Å². The highest BCUT2D eigenvalue weighted by Crippen LogP contribution is 2.43. The third-order valence-electron chi connectivity index (χ3n) is 6.60. The zero-order chi connectivity index (χ0) is 16.9. The molecule has 0 aliphatic heterocycles. The Kier molecular flexibility index (Phi) is 10.4. The SMILES string of the molecule is CCCCCCCCCCCCNCCNC12CCC(CC1)CC2. The van der Waals surface area contributed by atoms with Crippen molar-refractivity contribution in [2.45, 2.75) is 115 Å². The number of nitrogens with one attached hydrogen (secondary N) is 2. The molecule has 24 heavy (non-hydrogen) atoms. The van der Waals surface area contributed by atoms with E-state index in [2.05, 4.69) is 17.6 Å². The fourth-order valence-corrected chi connectivity index (χ4v) is 4.79. The van der Waals surface area contributed by atoms with Crippen LogP contribution in [0.15, 0.2) is 0 Å². The van der Waals surface area contributed by atoms with E-state index in [0.29, 0.717) is 5.54 Å². The van der Waals surface area contributed by atoms with E-state index in [0.717, 1.165) is 12.5 Å². The zero-order valence-electron chi connectivity index (χ0n) is 16.5. The molecule has 0 unspecified atom stereocenters. The summed E-state index contributed by atoms with van der Waals surface area (Å²) in [6.07, 6.45) is 23.1. The monoisotopic (exact) mass is 336 g/mol. The van der Waals surface area contributed by atoms with Gasteiger partial charge in [0.05, 0.1) is 0 Å². The van der Waals surface area contributed by atoms with Gasteiger partial charge in [-0.15, -0.1) is 0 Å². The normalized spacial score (nSPS) is 26.1. The molecule has 0 spiro atoms. The third kappa shape index (κ3) is 7.87. The summed E-state index contributed by atoms with van der Waals surface area (Å²) in [5, 5.41) is 7.54. The first-order chi connectivity index (χ1) is 11.8. The Balaban J connectivity index is 1.30. The van der Waals surface area contributed by atoms with Crippen molar-refractivity contribution in [3.05, 3.63) is 0 Å². The number of hydrogen-bond acceptors (Lipinski definition) is 2. The third-order valence-corrected chi connectivity index (χ3v) is 6.60. The first-order valence-corrected chi connectivity index (χ1v) is 11.3. The van der Waals surface area contributed by atoms with Gasteiger partial charge in [-0.3, -0.25) is 0 Å². The van der Waals surface area contributed by atoms with Gasteiger partial charge in [0.15, 0.2) is 0 Å². The molecule has 3 aliphatic carbocycles. The van der Waals surface area contributed by atoms with Crippen molar-refractivity contribution in [1.29, 1.82) is 0 Å². The summed E-state index contributed by atoms with van der Waals surface area (Å²) < 4.78 is 0. The van der Waals surface area contributed by atoms with Crippen molar-refractivity contribution in [3.8, 4) is 0 Å². The summed E-state index contributed by atoms with van der Waals surface area (Å²) in [5.74, 6) is 1.07. The van der Waals surface area contributed by atoms with Crippen LogP contribution in [0.5, 0.6) is 0 Å². The predicted octanol–water partition coefficient (Wildman–Crippen LogP) is 5.81. The molecular formula is C22H44N2. The van der Waals surface area contributed by atoms with Gasteiger partial charge >= 0.3 is 0 Å². The Morgan fingerprint density at radius 3 is 1.79 bits per heavy atom. The van der Waals surface area contributed by atoms with Crippen molar-refractivity contribution in [2.24, 2.45) is 5.92 Å². The maximum Gasteiger partial charge on any atom is 0.0182 e. The zero-order valence-corrected chi connectivity index (χ0v) is 16.5. The Morgan fingerprint density at radius 2 is 1.21 bits per heavy atom. The highest BCUT2D eigenvalue weighted by atomic mass is 15.0. The summed E-state index contributed by atoms with van der Waals surface area (Å²) in [7, 11) is 0. The van der Waals surface area contributed by atoms with Crippen molar-refractivity contribution in [2.75, 3.05) is 19.6 Å². The van der Waals surface area contributed by atoms with Gasteiger partial charge in [-0.1, -0.05) is 64.7 Å². The van der Waals surface area contributed by atoms with Gasteiger partial charge in [0.1, 0.15) is 0 Å². The van der Waals surface area contributed by atoms with Crippen molar-refractivity contribution in [3.63, 3.8) is 0 Å². The van der Waals surface area contributed by atoms with Crippen LogP contribution >= 0.6 is 0 Å². The molecule has 2 bridgehead atoms. The van der Waals surface area contributed by atoms with Gasteiger partial charge < -0.3 is 10.6 Å². The van der Waals surface area contributed by atoms with E-state index in [1.165, 1.54) is 116 Å². The lowest BCUT2D eigenvalue weighted by Gasteiger charge is -2.47. The van der Waals surface area contributed by atoms with Gasteiger partial charge in [-0.25, -0.2) is 0 Å². The molecule has 2 nitrogen and oxygen atoms in total. The standard InChI is InChI=1S/C22H44N2/c1-2-3-4-5-6-7-8-9-10-11-18-23-19-20-24-22-15-12-21(13-16-22)14-17-22/h21,23-24H,2-20H2,1H3. The molecule has 142 valence electrons. The molecule has 2 heteroatoms. The van der Waals surface area contributed by atoms with E-state index in [1.807, 2.05) is 0 Å². The molecule has 0 atom stereocenters. The summed E-state index contributed by atoms with van der Waals surface area (Å²) in [6.45, 7) is 5.84. The summed E-state index contributed by atoms with van der Waals surface area (Å²) in [6, 6.07) is 0. The van der Waals surface area contributed by atoms with E-state index in [1.54, 1.807) is 0 Å². The van der Waals surface area contributed by atoms with Gasteiger partial charge in [0.2, 0.25) is 0 Å². The maximum atomic E-state index is 3.90. The second-order valence-corrected chi connectivity index (χ2v) is 8.62. The Labute approximate surface area is 151 Å². The lowest BCUT2D eigenvalue weighted by molar-refractivity contribution is 0.106. The first-order valence-electron chi connectivity index (χ1n) is 11.3. The molecule has 0 radical (unpaired) electrons. The molecule has 0 aromatic heterocycles. The first kappa shape index (κ1) is 20.2. The van der Waals surface area contributed by atoms with E-state index in [4.69, 9.17) is 0 Å². The number of rotatable bonds is 15. The van der Waals surface area contributed by atoms with Crippen molar-refractivity contribution >= 4 is 0 Å². The second-order valence-electron chi connectivity index (χ2n) is 8.62. The molecule has 3 saturated carbocycles. The average molecular weight is 337 g/mol. The van der Waals surface area contributed by atoms with Crippen LogP contribution in [0.25, 0.3) is 0 Å². The molecule has 2 N–H and O–H groups in total. The molecule has 0 aromatic rings. The molecule has 0 aromatic carbocycles. The molecule has 3 rings (SSSR count). The number of unbranched alkanes of at least 4 members (excludes halogenated alkanes) is 9. The summed E-state index contributed by atoms with van der Waals surface area (Å²) in [4.78, 5) is 0. The van der Waals surface area contributed by atoms with Crippen LogP contribution in [0.4, 0.5) is 0 Å². The quantitative estimate of drug-likeness (QED) is 0.369. The minimum Gasteiger partial charge on any atom is -0.315 e. The van der Waals surface area contributed by atoms with Crippen LogP contribution in [0.3, 0.4) is 0 Å². The fraction of sp³-hybridized carbons (Fsp3) is 1.00. The van der Waals surface area contributed by atoms with Gasteiger partial charge in [-0.2, -0.15) is 0 Å². The number of fused-ring (bicyclic) bond motifs is 3. The van der Waals surface area contributed by atoms with Gasteiger partial charge in [0.25, 0.3) is 0 Å². The molecular weight excluding hydrogens is 292 g/mol. The van der Waals surface area contributed by atoms with Crippen LogP contribution in [-0.4, -0.2) is 25.2 Å². The lowest BCUT2D eigenvalue weighted by Crippen LogP contribution is -2.53. The van der Waals surface area contributed by atoms with E-state index in [9.17, 15) is 0 Å². The summed E-state index contributed by atoms with van der Waals surface area (Å²) >= 11 is 0. The van der Waals surface area contributed by atoms with Gasteiger partial charge in [-0.05, 0) is 57.4 Å². The molecule has 0 saturated heterocycles. The fourth-order valence-electron chi connectivity index (χ4n) is 4.79. The Bertz CT molecular complexity index is 281. The Morgan fingerprint density at radius 1 is 0.667 bits per heavy atom. The van der Waals surface area contributed by atoms with Gasteiger partial charge in [0, 0.05) is 18.6 Å². The lowest BCUT2D eigenvalue weighted by atomic mass is 9.66. The predicted molar refractivity (Wildman–Crippen MR) is 107 cm³/mol. The molecule has 0 heterocycles. The average Bonchev–Trinajstić information content (AvgIpc) is 2.63. The van der Waals surface area contributed by atoms with Crippen molar-refractivity contribution < 1.29 is 0 Å². The second kappa shape index (κ2) is 12.3. The minimum absolute atomic E-state index is 0.535. The topological polar surface area (TPSA) is 24.1 Å². The largest absolute Gasteiger partial charge is 0.315 e. The van der Waals surface area contributed by atoms with Crippen LogP contribution in [0.2, 0.25) is 0 Å². The van der Waals surface area contributed by atoms with Crippen LogP contribution in [-0.2, 0) is 0 Å². The molecule has 3 fully saturated rings. The highest BCUT2D eigenvalue weighted by molar-refractivity contribution is 4.98. The smallest absolute Gasteiger partial charge is 0.0182 e. The maximum absolute atomic E-state index is 3.90. The van der Waals surface area contributed by atoms with E-state index >= 15 is 0 Å². The van der Waals surface area contributed by atoms with Crippen LogP contribution in [0.1, 0.15) is 110 Å². The van der Waals surface area contributed by atoms with Crippen LogP contribution < -0.4 is 10.6 Å². The summed E-state index contributed by atoms with van der Waals surface area (Å²) in [5.41, 5.74) is 0.535. The van der Waals surface area contributed by atoms with E-state index in [-0.39, 0.29) is 0 Å².